The Morgan fingerprint density at radius 1 is 0.424 bits per heavy atom. The molecule has 0 unspecified atom stereocenters. The first-order valence-corrected chi connectivity index (χ1v) is 11.2. The van der Waals surface area contributed by atoms with Crippen molar-refractivity contribution in [1.29, 1.82) is 0 Å². The van der Waals surface area contributed by atoms with Crippen LogP contribution in [0, 0.1) is 0 Å². The highest BCUT2D eigenvalue weighted by Gasteiger charge is 2.14. The smallest absolute Gasteiger partial charge is 0.163 e. The van der Waals surface area contributed by atoms with Gasteiger partial charge in [0.1, 0.15) is 5.82 Å². The largest absolute Gasteiger partial charge is 0.213 e. The zero-order valence-corrected chi connectivity index (χ0v) is 18.8. The van der Waals surface area contributed by atoms with Gasteiger partial charge in [0, 0.05) is 17.0 Å². The van der Waals surface area contributed by atoms with Gasteiger partial charge in [0.2, 0.25) is 0 Å². The molecule has 0 N–H and O–H groups in total. The van der Waals surface area contributed by atoms with Crippen molar-refractivity contribution in [2.75, 3.05) is 0 Å². The summed E-state index contributed by atoms with van der Waals surface area (Å²) in [4.78, 5) is 14.5. The van der Waals surface area contributed by atoms with E-state index in [9.17, 15) is 0 Å². The number of rotatable bonds is 5. The summed E-state index contributed by atoms with van der Waals surface area (Å²) < 4.78 is 0. The average Bonchev–Trinajstić information content (AvgIpc) is 2.89. The van der Waals surface area contributed by atoms with Gasteiger partial charge in [-0.15, -0.1) is 0 Å². The first-order chi connectivity index (χ1) is 16.2. The van der Waals surface area contributed by atoms with E-state index >= 15 is 0 Å². The van der Waals surface area contributed by atoms with E-state index in [2.05, 4.69) is 111 Å². The van der Waals surface area contributed by atoms with E-state index in [1.54, 1.807) is 0 Å². The molecule has 1 heterocycles. The molecule has 160 valence electrons. The van der Waals surface area contributed by atoms with E-state index in [4.69, 9.17) is 15.0 Å². The topological polar surface area (TPSA) is 38.7 Å². The van der Waals surface area contributed by atoms with E-state index in [-0.39, 0.29) is 5.92 Å². The van der Waals surface area contributed by atoms with Crippen LogP contribution >= 0.6 is 0 Å². The monoisotopic (exact) mass is 427 g/mol. The summed E-state index contributed by atoms with van der Waals surface area (Å²) in [6.07, 6.45) is 0. The zero-order valence-electron chi connectivity index (χ0n) is 18.8. The van der Waals surface area contributed by atoms with Crippen molar-refractivity contribution in [1.82, 2.24) is 15.0 Å². The van der Waals surface area contributed by atoms with Crippen LogP contribution in [0.5, 0.6) is 0 Å². The molecule has 0 amide bonds. The van der Waals surface area contributed by atoms with Crippen LogP contribution in [0.1, 0.15) is 25.6 Å². The maximum atomic E-state index is 4.90. The number of hydrogen-bond acceptors (Lipinski definition) is 3. The van der Waals surface area contributed by atoms with E-state index in [0.29, 0.717) is 11.6 Å². The number of hydrogen-bond donors (Lipinski definition) is 0. The SMILES string of the molecule is CC(C)c1nc(-c2cccc(-c3ccccc3)c2)nc(-c2cccc(-c3ccccc3)c2)n1. The first-order valence-electron chi connectivity index (χ1n) is 11.2. The lowest BCUT2D eigenvalue weighted by molar-refractivity contribution is 0.766. The zero-order chi connectivity index (χ0) is 22.6. The third-order valence-corrected chi connectivity index (χ3v) is 5.62. The molecule has 0 fully saturated rings. The van der Waals surface area contributed by atoms with Gasteiger partial charge >= 0.3 is 0 Å². The lowest BCUT2D eigenvalue weighted by Gasteiger charge is -2.11. The summed E-state index contributed by atoms with van der Waals surface area (Å²) in [5.74, 6) is 2.39. The van der Waals surface area contributed by atoms with Gasteiger partial charge in [-0.25, -0.2) is 15.0 Å². The van der Waals surface area contributed by atoms with Gasteiger partial charge in [0.25, 0.3) is 0 Å². The van der Waals surface area contributed by atoms with Crippen LogP contribution in [-0.4, -0.2) is 15.0 Å². The van der Waals surface area contributed by atoms with E-state index in [0.717, 1.165) is 28.1 Å². The fraction of sp³-hybridized carbons (Fsp3) is 0.100. The molecule has 0 radical (unpaired) electrons. The molecule has 3 nitrogen and oxygen atoms in total. The molecule has 0 saturated carbocycles. The van der Waals surface area contributed by atoms with E-state index in [1.807, 2.05) is 12.1 Å². The minimum atomic E-state index is 0.195. The van der Waals surface area contributed by atoms with Crippen LogP contribution in [0.15, 0.2) is 109 Å². The first kappa shape index (κ1) is 20.8. The molecule has 5 aromatic rings. The summed E-state index contributed by atoms with van der Waals surface area (Å²) in [6.45, 7) is 4.23. The quantitative estimate of drug-likeness (QED) is 0.289. The Hall–Kier alpha value is -4.11. The fourth-order valence-corrected chi connectivity index (χ4v) is 3.85. The molecule has 0 bridgehead atoms. The third-order valence-electron chi connectivity index (χ3n) is 5.62. The van der Waals surface area contributed by atoms with Crippen molar-refractivity contribution < 1.29 is 0 Å². The molecule has 1 aromatic heterocycles. The second-order valence-corrected chi connectivity index (χ2v) is 8.39. The number of nitrogens with zero attached hydrogens (tertiary/aromatic N) is 3. The molecule has 0 aliphatic carbocycles. The molecule has 33 heavy (non-hydrogen) atoms. The molecule has 5 rings (SSSR count). The Morgan fingerprint density at radius 3 is 1.24 bits per heavy atom. The Morgan fingerprint density at radius 2 is 0.818 bits per heavy atom. The predicted molar refractivity (Wildman–Crippen MR) is 136 cm³/mol. The van der Waals surface area contributed by atoms with Crippen molar-refractivity contribution in [3.8, 4) is 45.0 Å². The lowest BCUT2D eigenvalue weighted by atomic mass is 10.0. The van der Waals surface area contributed by atoms with E-state index < -0.39 is 0 Å². The van der Waals surface area contributed by atoms with Gasteiger partial charge in [-0.1, -0.05) is 111 Å². The van der Waals surface area contributed by atoms with E-state index in [1.165, 1.54) is 11.1 Å². The molecular formula is C30H25N3. The number of benzene rings is 4. The summed E-state index contributed by atoms with van der Waals surface area (Å²) in [5.41, 5.74) is 6.61. The van der Waals surface area contributed by atoms with Gasteiger partial charge in [-0.05, 0) is 34.4 Å². The van der Waals surface area contributed by atoms with Crippen LogP contribution in [-0.2, 0) is 0 Å². The second kappa shape index (κ2) is 9.17. The van der Waals surface area contributed by atoms with Gasteiger partial charge in [-0.2, -0.15) is 0 Å². The Kier molecular flexibility index (Phi) is 5.77. The fourth-order valence-electron chi connectivity index (χ4n) is 3.85. The standard InChI is InChI=1S/C30H25N3/c1-21(2)28-31-29(26-17-9-15-24(19-26)22-11-5-3-6-12-22)33-30(32-28)27-18-10-16-25(20-27)23-13-7-4-8-14-23/h3-21H,1-2H3. The summed E-state index contributed by atoms with van der Waals surface area (Å²) in [6, 6.07) is 37.6. The van der Waals surface area contributed by atoms with Crippen molar-refractivity contribution in [2.24, 2.45) is 0 Å². The molecule has 4 aromatic carbocycles. The van der Waals surface area contributed by atoms with Gasteiger partial charge < -0.3 is 0 Å². The Labute approximate surface area is 194 Å². The summed E-state index contributed by atoms with van der Waals surface area (Å²) in [5, 5.41) is 0. The highest BCUT2D eigenvalue weighted by Crippen LogP contribution is 2.29. The van der Waals surface area contributed by atoms with Crippen molar-refractivity contribution >= 4 is 0 Å². The molecular weight excluding hydrogens is 402 g/mol. The van der Waals surface area contributed by atoms with Gasteiger partial charge in [0.05, 0.1) is 0 Å². The normalized spacial score (nSPS) is 11.0. The second-order valence-electron chi connectivity index (χ2n) is 8.39. The minimum absolute atomic E-state index is 0.195. The minimum Gasteiger partial charge on any atom is -0.213 e. The average molecular weight is 428 g/mol. The van der Waals surface area contributed by atoms with Crippen molar-refractivity contribution in [3.05, 3.63) is 115 Å². The Bertz CT molecular complexity index is 1280. The highest BCUT2D eigenvalue weighted by molar-refractivity contribution is 5.73. The Balaban J connectivity index is 1.60. The maximum Gasteiger partial charge on any atom is 0.163 e. The predicted octanol–water partition coefficient (Wildman–Crippen LogP) is 7.66. The van der Waals surface area contributed by atoms with Crippen LogP contribution < -0.4 is 0 Å². The molecule has 0 atom stereocenters. The molecule has 0 aliphatic rings. The van der Waals surface area contributed by atoms with Gasteiger partial charge in [-0.3, -0.25) is 0 Å². The van der Waals surface area contributed by atoms with Gasteiger partial charge in [0.15, 0.2) is 11.6 Å². The third kappa shape index (κ3) is 4.58. The highest BCUT2D eigenvalue weighted by atomic mass is 15.0. The summed E-state index contributed by atoms with van der Waals surface area (Å²) >= 11 is 0. The van der Waals surface area contributed by atoms with Crippen LogP contribution in [0.3, 0.4) is 0 Å². The molecule has 3 heteroatoms. The molecule has 0 spiro atoms. The van der Waals surface area contributed by atoms with Crippen LogP contribution in [0.2, 0.25) is 0 Å². The summed E-state index contributed by atoms with van der Waals surface area (Å²) in [7, 11) is 0. The molecule has 0 saturated heterocycles. The van der Waals surface area contributed by atoms with Crippen LogP contribution in [0.25, 0.3) is 45.0 Å². The number of aromatic nitrogens is 3. The lowest BCUT2D eigenvalue weighted by Crippen LogP contribution is -2.04. The van der Waals surface area contributed by atoms with Crippen molar-refractivity contribution in [3.63, 3.8) is 0 Å². The van der Waals surface area contributed by atoms with Crippen LogP contribution in [0.4, 0.5) is 0 Å². The maximum absolute atomic E-state index is 4.90. The van der Waals surface area contributed by atoms with Crippen molar-refractivity contribution in [2.45, 2.75) is 19.8 Å². The molecule has 0 aliphatic heterocycles.